The standard InChI is InChI=1S/C23H26N4O2/c1-3-17-9-12-19(13-10-17)27-23(24)26-16-18-11-14-22(25-15-18)29-21-8-6-5-7-20(21)28-4-2/h5-15H,3-4,16H2,1-2H3,(H3,24,26,27). The number of hydrogen-bond donors (Lipinski definition) is 2. The SMILES string of the molecule is CCOc1ccccc1Oc1ccc(CN=C(N)Nc2ccc(CC)cc2)cn1. The smallest absolute Gasteiger partial charge is 0.219 e. The van der Waals surface area contributed by atoms with E-state index in [1.54, 1.807) is 12.3 Å². The summed E-state index contributed by atoms with van der Waals surface area (Å²) in [6.07, 6.45) is 2.74. The van der Waals surface area contributed by atoms with Crippen molar-refractivity contribution >= 4 is 11.6 Å². The Morgan fingerprint density at radius 3 is 2.34 bits per heavy atom. The molecule has 3 rings (SSSR count). The fourth-order valence-corrected chi connectivity index (χ4v) is 2.67. The molecule has 1 aromatic heterocycles. The fraction of sp³-hybridized carbons (Fsp3) is 0.217. The lowest BCUT2D eigenvalue weighted by atomic mass is 10.1. The lowest BCUT2D eigenvalue weighted by Crippen LogP contribution is -2.22. The van der Waals surface area contributed by atoms with Gasteiger partial charge in [-0.15, -0.1) is 0 Å². The Morgan fingerprint density at radius 1 is 0.966 bits per heavy atom. The first kappa shape index (κ1) is 20.2. The minimum Gasteiger partial charge on any atom is -0.490 e. The fourth-order valence-electron chi connectivity index (χ4n) is 2.67. The maximum absolute atomic E-state index is 5.98. The van der Waals surface area contributed by atoms with Gasteiger partial charge in [0.25, 0.3) is 0 Å². The number of nitrogens with one attached hydrogen (secondary N) is 1. The van der Waals surface area contributed by atoms with Crippen LogP contribution in [0, 0.1) is 0 Å². The molecule has 0 aliphatic heterocycles. The number of hydrogen-bond acceptors (Lipinski definition) is 4. The molecule has 1 heterocycles. The molecule has 0 unspecified atom stereocenters. The molecular weight excluding hydrogens is 364 g/mol. The lowest BCUT2D eigenvalue weighted by Gasteiger charge is -2.10. The van der Waals surface area contributed by atoms with Crippen LogP contribution in [0.2, 0.25) is 0 Å². The highest BCUT2D eigenvalue weighted by Crippen LogP contribution is 2.30. The van der Waals surface area contributed by atoms with Gasteiger partial charge in [0.2, 0.25) is 5.88 Å². The van der Waals surface area contributed by atoms with Crippen LogP contribution < -0.4 is 20.5 Å². The first-order valence-electron chi connectivity index (χ1n) is 9.68. The molecule has 0 aliphatic carbocycles. The number of guanidine groups is 1. The summed E-state index contributed by atoms with van der Waals surface area (Å²) in [5.41, 5.74) is 9.11. The number of para-hydroxylation sites is 2. The van der Waals surface area contributed by atoms with Gasteiger partial charge in [0.05, 0.1) is 13.2 Å². The van der Waals surface area contributed by atoms with E-state index in [-0.39, 0.29) is 0 Å². The van der Waals surface area contributed by atoms with Gasteiger partial charge in [-0.05, 0) is 48.7 Å². The summed E-state index contributed by atoms with van der Waals surface area (Å²) in [5.74, 6) is 2.18. The first-order valence-corrected chi connectivity index (χ1v) is 9.68. The van der Waals surface area contributed by atoms with Gasteiger partial charge in [-0.25, -0.2) is 9.98 Å². The summed E-state index contributed by atoms with van der Waals surface area (Å²) in [7, 11) is 0. The van der Waals surface area contributed by atoms with Crippen molar-refractivity contribution in [1.82, 2.24) is 4.98 Å². The minimum absolute atomic E-state index is 0.361. The molecule has 0 radical (unpaired) electrons. The summed E-state index contributed by atoms with van der Waals surface area (Å²) < 4.78 is 11.4. The molecular formula is C23H26N4O2. The molecule has 0 aliphatic rings. The molecule has 29 heavy (non-hydrogen) atoms. The zero-order valence-electron chi connectivity index (χ0n) is 16.8. The molecule has 2 aromatic carbocycles. The van der Waals surface area contributed by atoms with E-state index in [1.165, 1.54) is 5.56 Å². The molecule has 3 N–H and O–H groups in total. The van der Waals surface area contributed by atoms with Crippen LogP contribution in [-0.4, -0.2) is 17.6 Å². The number of rotatable bonds is 8. The number of pyridine rings is 1. The van der Waals surface area contributed by atoms with Gasteiger partial charge in [0.1, 0.15) is 0 Å². The highest BCUT2D eigenvalue weighted by molar-refractivity contribution is 5.92. The van der Waals surface area contributed by atoms with Crippen molar-refractivity contribution in [2.24, 2.45) is 10.7 Å². The van der Waals surface area contributed by atoms with E-state index in [2.05, 4.69) is 34.3 Å². The molecule has 3 aromatic rings. The van der Waals surface area contributed by atoms with Crippen LogP contribution in [0.1, 0.15) is 25.0 Å². The van der Waals surface area contributed by atoms with Crippen LogP contribution in [0.25, 0.3) is 0 Å². The van der Waals surface area contributed by atoms with E-state index >= 15 is 0 Å². The Hall–Kier alpha value is -3.54. The first-order chi connectivity index (χ1) is 14.2. The molecule has 0 spiro atoms. The second kappa shape index (κ2) is 10.1. The Labute approximate surface area is 171 Å². The van der Waals surface area contributed by atoms with E-state index < -0.39 is 0 Å². The summed E-state index contributed by atoms with van der Waals surface area (Å²) in [6, 6.07) is 19.4. The zero-order chi connectivity index (χ0) is 20.5. The molecule has 0 atom stereocenters. The van der Waals surface area contributed by atoms with Crippen LogP contribution in [0.15, 0.2) is 71.9 Å². The number of nitrogens with two attached hydrogens (primary N) is 1. The van der Waals surface area contributed by atoms with Gasteiger partial charge in [-0.2, -0.15) is 0 Å². The predicted octanol–water partition coefficient (Wildman–Crippen LogP) is 4.76. The van der Waals surface area contributed by atoms with Crippen molar-refractivity contribution in [3.05, 3.63) is 78.0 Å². The maximum atomic E-state index is 5.98. The lowest BCUT2D eigenvalue weighted by molar-refractivity contribution is 0.319. The van der Waals surface area contributed by atoms with E-state index in [4.69, 9.17) is 15.2 Å². The highest BCUT2D eigenvalue weighted by Gasteiger charge is 2.06. The van der Waals surface area contributed by atoms with E-state index in [0.717, 1.165) is 17.7 Å². The molecule has 150 valence electrons. The normalized spacial score (nSPS) is 11.2. The Bertz CT molecular complexity index is 938. The van der Waals surface area contributed by atoms with Crippen molar-refractivity contribution < 1.29 is 9.47 Å². The molecule has 0 saturated carbocycles. The molecule has 0 bridgehead atoms. The number of benzene rings is 2. The van der Waals surface area contributed by atoms with Crippen molar-refractivity contribution in [3.8, 4) is 17.4 Å². The van der Waals surface area contributed by atoms with Crippen LogP contribution in [0.5, 0.6) is 17.4 Å². The third-order valence-electron chi connectivity index (χ3n) is 4.23. The number of nitrogens with zero attached hydrogens (tertiary/aromatic N) is 2. The van der Waals surface area contributed by atoms with Gasteiger partial charge in [-0.1, -0.05) is 37.3 Å². The number of ether oxygens (including phenoxy) is 2. The van der Waals surface area contributed by atoms with Crippen molar-refractivity contribution in [1.29, 1.82) is 0 Å². The number of aliphatic imine (C=N–C) groups is 1. The van der Waals surface area contributed by atoms with E-state index in [1.807, 2.05) is 49.4 Å². The van der Waals surface area contributed by atoms with Crippen LogP contribution in [0.4, 0.5) is 5.69 Å². The number of aryl methyl sites for hydroxylation is 1. The van der Waals surface area contributed by atoms with Crippen molar-refractivity contribution in [2.45, 2.75) is 26.8 Å². The van der Waals surface area contributed by atoms with Gasteiger partial charge >= 0.3 is 0 Å². The Morgan fingerprint density at radius 2 is 1.69 bits per heavy atom. The summed E-state index contributed by atoms with van der Waals surface area (Å²) in [4.78, 5) is 8.71. The average Bonchev–Trinajstić information content (AvgIpc) is 2.75. The van der Waals surface area contributed by atoms with Gasteiger partial charge < -0.3 is 20.5 Å². The molecule has 0 amide bonds. The summed E-state index contributed by atoms with van der Waals surface area (Å²) in [6.45, 7) is 5.06. The minimum atomic E-state index is 0.361. The van der Waals surface area contributed by atoms with Gasteiger partial charge in [0.15, 0.2) is 17.5 Å². The topological polar surface area (TPSA) is 81.8 Å². The second-order valence-electron chi connectivity index (χ2n) is 6.36. The quantitative estimate of drug-likeness (QED) is 0.428. The predicted molar refractivity (Wildman–Crippen MR) is 117 cm³/mol. The third kappa shape index (κ3) is 5.97. The molecule has 0 saturated heterocycles. The third-order valence-corrected chi connectivity index (χ3v) is 4.23. The van der Waals surface area contributed by atoms with Crippen LogP contribution >= 0.6 is 0 Å². The second-order valence-corrected chi connectivity index (χ2v) is 6.36. The Kier molecular flexibility index (Phi) is 7.05. The van der Waals surface area contributed by atoms with Gasteiger partial charge in [-0.3, -0.25) is 0 Å². The monoisotopic (exact) mass is 390 g/mol. The van der Waals surface area contributed by atoms with Crippen molar-refractivity contribution in [2.75, 3.05) is 11.9 Å². The Balaban J connectivity index is 1.58. The maximum Gasteiger partial charge on any atom is 0.219 e. The molecule has 0 fully saturated rings. The number of aromatic nitrogens is 1. The zero-order valence-corrected chi connectivity index (χ0v) is 16.8. The number of anilines is 1. The highest BCUT2D eigenvalue weighted by atomic mass is 16.5. The largest absolute Gasteiger partial charge is 0.490 e. The van der Waals surface area contributed by atoms with E-state index in [9.17, 15) is 0 Å². The van der Waals surface area contributed by atoms with Crippen LogP contribution in [-0.2, 0) is 13.0 Å². The summed E-state index contributed by atoms with van der Waals surface area (Å²) >= 11 is 0. The average molecular weight is 390 g/mol. The van der Waals surface area contributed by atoms with E-state index in [0.29, 0.717) is 36.5 Å². The van der Waals surface area contributed by atoms with Crippen molar-refractivity contribution in [3.63, 3.8) is 0 Å². The van der Waals surface area contributed by atoms with Gasteiger partial charge in [0, 0.05) is 18.0 Å². The molecule has 6 nitrogen and oxygen atoms in total. The van der Waals surface area contributed by atoms with Crippen LogP contribution in [0.3, 0.4) is 0 Å². The molecule has 6 heteroatoms. The summed E-state index contributed by atoms with van der Waals surface area (Å²) in [5, 5.41) is 3.09.